The minimum atomic E-state index is -0.472. The van der Waals surface area contributed by atoms with Crippen LogP contribution in [-0.2, 0) is 4.79 Å². The molecule has 4 saturated carbocycles. The van der Waals surface area contributed by atoms with E-state index in [0.717, 1.165) is 42.9 Å². The molecule has 1 N–H and O–H groups in total. The third-order valence-corrected chi connectivity index (χ3v) is 10.4. The molecule has 0 aromatic rings. The maximum absolute atomic E-state index is 12.2. The van der Waals surface area contributed by atoms with Crippen molar-refractivity contribution in [2.45, 2.75) is 98.8 Å². The van der Waals surface area contributed by atoms with E-state index in [1.807, 2.05) is 0 Å². The van der Waals surface area contributed by atoms with Crippen LogP contribution < -0.4 is 0 Å². The number of aliphatic carboxylic acids is 1. The van der Waals surface area contributed by atoms with E-state index in [0.29, 0.717) is 22.7 Å². The summed E-state index contributed by atoms with van der Waals surface area (Å²) < 4.78 is 0. The Labute approximate surface area is 166 Å². The monoisotopic (exact) mass is 374 g/mol. The second-order valence-electron chi connectivity index (χ2n) is 12.0. The van der Waals surface area contributed by atoms with Crippen molar-refractivity contribution in [1.29, 1.82) is 0 Å². The van der Waals surface area contributed by atoms with E-state index >= 15 is 0 Å². The molecule has 2 nitrogen and oxygen atoms in total. The van der Waals surface area contributed by atoms with E-state index in [9.17, 15) is 9.90 Å². The van der Waals surface area contributed by atoms with Crippen LogP contribution in [0.25, 0.3) is 0 Å². The first-order valence-electron chi connectivity index (χ1n) is 11.9. The van der Waals surface area contributed by atoms with Gasteiger partial charge in [-0.3, -0.25) is 4.79 Å². The third-order valence-electron chi connectivity index (χ3n) is 10.4. The molecule has 8 unspecified atom stereocenters. The van der Waals surface area contributed by atoms with E-state index < -0.39 is 5.97 Å². The van der Waals surface area contributed by atoms with Crippen molar-refractivity contribution in [2.75, 3.05) is 0 Å². The standard InChI is InChI=1S/C25H42O2/c1-6-24(5)19-11-9-18-16(17(19)10-12-21(24)23(2,3)4)13-15-25(22(26)27)14-7-8-20(18)25/h16-21H,6-15H2,1-5H3,(H,26,27). The molecule has 4 rings (SSSR count). The Kier molecular flexibility index (Phi) is 4.75. The molecular formula is C25H42O2. The van der Waals surface area contributed by atoms with Crippen LogP contribution >= 0.6 is 0 Å². The van der Waals surface area contributed by atoms with Gasteiger partial charge in [-0.25, -0.2) is 0 Å². The molecule has 0 bridgehead atoms. The molecule has 4 aliphatic rings. The first-order valence-corrected chi connectivity index (χ1v) is 11.9. The molecule has 0 spiro atoms. The van der Waals surface area contributed by atoms with Crippen LogP contribution in [0, 0.1) is 51.8 Å². The first kappa shape index (κ1) is 19.8. The Balaban J connectivity index is 1.62. The topological polar surface area (TPSA) is 37.3 Å². The summed E-state index contributed by atoms with van der Waals surface area (Å²) in [7, 11) is 0. The van der Waals surface area contributed by atoms with E-state index in [2.05, 4.69) is 34.6 Å². The highest BCUT2D eigenvalue weighted by atomic mass is 16.4. The summed E-state index contributed by atoms with van der Waals surface area (Å²) in [4.78, 5) is 12.2. The van der Waals surface area contributed by atoms with Gasteiger partial charge < -0.3 is 5.11 Å². The fourth-order valence-electron chi connectivity index (χ4n) is 9.29. The molecule has 0 aromatic carbocycles. The predicted octanol–water partition coefficient (Wildman–Crippen LogP) is 6.78. The van der Waals surface area contributed by atoms with E-state index in [4.69, 9.17) is 0 Å². The highest BCUT2D eigenvalue weighted by Gasteiger charge is 2.61. The number of hydrogen-bond donors (Lipinski definition) is 1. The van der Waals surface area contributed by atoms with Gasteiger partial charge in [0.25, 0.3) is 0 Å². The van der Waals surface area contributed by atoms with Crippen LogP contribution in [0.1, 0.15) is 98.8 Å². The second-order valence-corrected chi connectivity index (χ2v) is 12.0. The smallest absolute Gasteiger partial charge is 0.309 e. The molecule has 0 amide bonds. The molecule has 0 saturated heterocycles. The third kappa shape index (κ3) is 2.75. The molecule has 154 valence electrons. The molecule has 0 aliphatic heterocycles. The summed E-state index contributed by atoms with van der Waals surface area (Å²) in [5, 5.41) is 10.1. The van der Waals surface area contributed by atoms with Crippen LogP contribution in [0.3, 0.4) is 0 Å². The average Bonchev–Trinajstić information content (AvgIpc) is 3.06. The van der Waals surface area contributed by atoms with Crippen molar-refractivity contribution < 1.29 is 9.90 Å². The van der Waals surface area contributed by atoms with Crippen molar-refractivity contribution in [2.24, 2.45) is 51.8 Å². The Hall–Kier alpha value is -0.530. The Morgan fingerprint density at radius 2 is 1.59 bits per heavy atom. The molecular weight excluding hydrogens is 332 g/mol. The van der Waals surface area contributed by atoms with Crippen LogP contribution in [0.2, 0.25) is 0 Å². The molecule has 27 heavy (non-hydrogen) atoms. The zero-order valence-corrected chi connectivity index (χ0v) is 18.4. The van der Waals surface area contributed by atoms with Gasteiger partial charge in [-0.2, -0.15) is 0 Å². The normalized spacial score (nSPS) is 49.8. The minimum Gasteiger partial charge on any atom is -0.481 e. The molecule has 4 fully saturated rings. The van der Waals surface area contributed by atoms with Crippen LogP contribution in [0.4, 0.5) is 0 Å². The number of hydrogen-bond acceptors (Lipinski definition) is 1. The predicted molar refractivity (Wildman–Crippen MR) is 110 cm³/mol. The molecule has 2 heteroatoms. The second kappa shape index (κ2) is 6.49. The average molecular weight is 375 g/mol. The van der Waals surface area contributed by atoms with Gasteiger partial charge in [-0.05, 0) is 97.7 Å². The molecule has 4 aliphatic carbocycles. The number of carboxylic acids is 1. The Morgan fingerprint density at radius 3 is 2.22 bits per heavy atom. The SMILES string of the molecule is CCC1(C)C2CCC3C(CCC4(C(=O)O)CCCC34)C2CCC1C(C)(C)C. The van der Waals surface area contributed by atoms with Crippen molar-refractivity contribution in [3.8, 4) is 0 Å². The lowest BCUT2D eigenvalue weighted by Gasteiger charge is -2.62. The summed E-state index contributed by atoms with van der Waals surface area (Å²) in [6.45, 7) is 12.4. The van der Waals surface area contributed by atoms with Crippen LogP contribution in [0.15, 0.2) is 0 Å². The maximum atomic E-state index is 12.2. The zero-order chi connectivity index (χ0) is 19.6. The van der Waals surface area contributed by atoms with Gasteiger partial charge in [0.05, 0.1) is 5.41 Å². The van der Waals surface area contributed by atoms with Gasteiger partial charge in [-0.15, -0.1) is 0 Å². The highest BCUT2D eigenvalue weighted by Crippen LogP contribution is 2.67. The van der Waals surface area contributed by atoms with Crippen LogP contribution in [-0.4, -0.2) is 11.1 Å². The first-order chi connectivity index (χ1) is 12.6. The van der Waals surface area contributed by atoms with Gasteiger partial charge in [0.2, 0.25) is 0 Å². The molecule has 0 radical (unpaired) electrons. The summed E-state index contributed by atoms with van der Waals surface area (Å²) >= 11 is 0. The highest BCUT2D eigenvalue weighted by molar-refractivity contribution is 5.75. The van der Waals surface area contributed by atoms with E-state index in [1.165, 1.54) is 44.9 Å². The van der Waals surface area contributed by atoms with Gasteiger partial charge in [0.15, 0.2) is 0 Å². The summed E-state index contributed by atoms with van der Waals surface area (Å²) in [6, 6.07) is 0. The lowest BCUT2D eigenvalue weighted by molar-refractivity contribution is -0.167. The van der Waals surface area contributed by atoms with Crippen molar-refractivity contribution >= 4 is 5.97 Å². The molecule has 0 aromatic heterocycles. The number of carbonyl (C=O) groups is 1. The Bertz CT molecular complexity index is 590. The van der Waals surface area contributed by atoms with E-state index in [-0.39, 0.29) is 5.41 Å². The fraction of sp³-hybridized carbons (Fsp3) is 0.960. The lowest BCUT2D eigenvalue weighted by Crippen LogP contribution is -2.56. The quantitative estimate of drug-likeness (QED) is 0.578. The zero-order valence-electron chi connectivity index (χ0n) is 18.4. The fourth-order valence-corrected chi connectivity index (χ4v) is 9.29. The van der Waals surface area contributed by atoms with Crippen LogP contribution in [0.5, 0.6) is 0 Å². The number of rotatable bonds is 2. The van der Waals surface area contributed by atoms with Gasteiger partial charge in [0, 0.05) is 0 Å². The minimum absolute atomic E-state index is 0.356. The van der Waals surface area contributed by atoms with Gasteiger partial charge in [0.1, 0.15) is 0 Å². The lowest BCUT2D eigenvalue weighted by atomic mass is 9.43. The van der Waals surface area contributed by atoms with E-state index in [1.54, 1.807) is 0 Å². The number of carboxylic acid groups (broad SMARTS) is 1. The maximum Gasteiger partial charge on any atom is 0.309 e. The summed E-state index contributed by atoms with van der Waals surface area (Å²) in [6.07, 6.45) is 12.2. The van der Waals surface area contributed by atoms with Gasteiger partial charge >= 0.3 is 5.97 Å². The molecule has 0 heterocycles. The van der Waals surface area contributed by atoms with Gasteiger partial charge in [-0.1, -0.05) is 47.5 Å². The number of fused-ring (bicyclic) bond motifs is 5. The van der Waals surface area contributed by atoms with Crippen molar-refractivity contribution in [3.63, 3.8) is 0 Å². The summed E-state index contributed by atoms with van der Waals surface area (Å²) in [5.74, 6) is 4.06. The largest absolute Gasteiger partial charge is 0.481 e. The molecule has 8 atom stereocenters. The van der Waals surface area contributed by atoms with Crippen molar-refractivity contribution in [3.05, 3.63) is 0 Å². The summed E-state index contributed by atoms with van der Waals surface area (Å²) in [5.41, 5.74) is 0.497. The van der Waals surface area contributed by atoms with Crippen molar-refractivity contribution in [1.82, 2.24) is 0 Å². The Morgan fingerprint density at radius 1 is 0.926 bits per heavy atom.